The molecule has 1 amide bonds. The van der Waals surface area contributed by atoms with Crippen molar-refractivity contribution >= 4 is 17.6 Å². The number of nitrogens with one attached hydrogen (secondary N) is 1. The Bertz CT molecular complexity index is 500. The Morgan fingerprint density at radius 2 is 2.05 bits per heavy atom. The highest BCUT2D eigenvalue weighted by Gasteiger charge is 2.18. The number of carbonyl (C=O) groups is 2. The Morgan fingerprint density at radius 3 is 2.67 bits per heavy atom. The van der Waals surface area contributed by atoms with Gasteiger partial charge in [-0.05, 0) is 25.0 Å². The van der Waals surface area contributed by atoms with E-state index in [4.69, 9.17) is 15.2 Å². The van der Waals surface area contributed by atoms with Gasteiger partial charge in [-0.2, -0.15) is 0 Å². The van der Waals surface area contributed by atoms with Crippen LogP contribution >= 0.6 is 0 Å². The SMILES string of the molecule is CCOc1cccc(N)c1C(=O)OCC(=O)NCC(C)C. The highest BCUT2D eigenvalue weighted by Crippen LogP contribution is 2.25. The number of carbonyl (C=O) groups excluding carboxylic acids is 2. The molecule has 0 aromatic heterocycles. The lowest BCUT2D eigenvalue weighted by Gasteiger charge is -2.12. The lowest BCUT2D eigenvalue weighted by Crippen LogP contribution is -2.31. The number of esters is 1. The molecule has 0 atom stereocenters. The van der Waals surface area contributed by atoms with Crippen molar-refractivity contribution in [2.45, 2.75) is 20.8 Å². The van der Waals surface area contributed by atoms with Crippen molar-refractivity contribution in [3.8, 4) is 5.75 Å². The standard InChI is InChI=1S/C15H22N2O4/c1-4-20-12-7-5-6-11(16)14(12)15(19)21-9-13(18)17-8-10(2)3/h5-7,10H,4,8-9,16H2,1-3H3,(H,17,18). The van der Waals surface area contributed by atoms with Gasteiger partial charge in [0.1, 0.15) is 11.3 Å². The van der Waals surface area contributed by atoms with E-state index in [1.54, 1.807) is 25.1 Å². The van der Waals surface area contributed by atoms with Crippen LogP contribution < -0.4 is 15.8 Å². The number of amides is 1. The molecule has 0 aliphatic carbocycles. The van der Waals surface area contributed by atoms with Crippen LogP contribution in [0.25, 0.3) is 0 Å². The summed E-state index contributed by atoms with van der Waals surface area (Å²) >= 11 is 0. The molecule has 1 rings (SSSR count). The van der Waals surface area contributed by atoms with Crippen molar-refractivity contribution in [1.29, 1.82) is 0 Å². The fraction of sp³-hybridized carbons (Fsp3) is 0.467. The van der Waals surface area contributed by atoms with E-state index in [1.165, 1.54) is 0 Å². The average molecular weight is 294 g/mol. The molecule has 0 unspecified atom stereocenters. The van der Waals surface area contributed by atoms with Crippen LogP contribution in [0, 0.1) is 5.92 Å². The van der Waals surface area contributed by atoms with Crippen LogP contribution in [0.15, 0.2) is 18.2 Å². The molecule has 0 heterocycles. The van der Waals surface area contributed by atoms with E-state index >= 15 is 0 Å². The predicted octanol–water partition coefficient (Wildman–Crippen LogP) is 1.60. The van der Waals surface area contributed by atoms with E-state index in [9.17, 15) is 9.59 Å². The molecule has 0 bridgehead atoms. The number of anilines is 1. The van der Waals surface area contributed by atoms with Crippen LogP contribution in [0.4, 0.5) is 5.69 Å². The third-order valence-electron chi connectivity index (χ3n) is 2.60. The molecule has 0 saturated heterocycles. The van der Waals surface area contributed by atoms with Gasteiger partial charge in [-0.1, -0.05) is 19.9 Å². The third kappa shape index (κ3) is 5.33. The summed E-state index contributed by atoms with van der Waals surface area (Å²) in [5.74, 6) is -0.329. The molecule has 3 N–H and O–H groups in total. The number of hydrogen-bond donors (Lipinski definition) is 2. The van der Waals surface area contributed by atoms with Crippen LogP contribution in [-0.4, -0.2) is 31.6 Å². The van der Waals surface area contributed by atoms with E-state index < -0.39 is 5.97 Å². The Hall–Kier alpha value is -2.24. The molecule has 0 saturated carbocycles. The van der Waals surface area contributed by atoms with E-state index in [1.807, 2.05) is 13.8 Å². The monoisotopic (exact) mass is 294 g/mol. The third-order valence-corrected chi connectivity index (χ3v) is 2.60. The maximum absolute atomic E-state index is 12.0. The van der Waals surface area contributed by atoms with Crippen LogP contribution in [0.1, 0.15) is 31.1 Å². The Kier molecular flexibility index (Phi) is 6.52. The molecule has 1 aromatic rings. The van der Waals surface area contributed by atoms with Gasteiger partial charge >= 0.3 is 5.97 Å². The highest BCUT2D eigenvalue weighted by atomic mass is 16.5. The minimum Gasteiger partial charge on any atom is -0.493 e. The Labute approximate surface area is 124 Å². The molecule has 1 aromatic carbocycles. The average Bonchev–Trinajstić information content (AvgIpc) is 2.43. The molecule has 116 valence electrons. The number of hydrogen-bond acceptors (Lipinski definition) is 5. The van der Waals surface area contributed by atoms with Crippen molar-refractivity contribution in [3.63, 3.8) is 0 Å². The minimum atomic E-state index is -0.670. The molecule has 0 aliphatic rings. The summed E-state index contributed by atoms with van der Waals surface area (Å²) in [6.07, 6.45) is 0. The summed E-state index contributed by atoms with van der Waals surface area (Å²) < 4.78 is 10.3. The first-order valence-electron chi connectivity index (χ1n) is 6.90. The van der Waals surface area contributed by atoms with Gasteiger partial charge in [0, 0.05) is 12.2 Å². The van der Waals surface area contributed by atoms with E-state index in [0.29, 0.717) is 24.8 Å². The lowest BCUT2D eigenvalue weighted by atomic mass is 10.1. The van der Waals surface area contributed by atoms with Crippen molar-refractivity contribution in [2.75, 3.05) is 25.5 Å². The summed E-state index contributed by atoms with van der Waals surface area (Å²) in [6, 6.07) is 4.90. The first-order chi connectivity index (χ1) is 9.95. The van der Waals surface area contributed by atoms with Gasteiger partial charge in [0.15, 0.2) is 6.61 Å². The molecule has 6 nitrogen and oxygen atoms in total. The molecular weight excluding hydrogens is 272 g/mol. The van der Waals surface area contributed by atoms with Gasteiger partial charge in [-0.25, -0.2) is 4.79 Å². The lowest BCUT2D eigenvalue weighted by molar-refractivity contribution is -0.124. The summed E-state index contributed by atoms with van der Waals surface area (Å²) in [6.45, 7) is 6.35. The van der Waals surface area contributed by atoms with Gasteiger partial charge in [0.25, 0.3) is 5.91 Å². The first-order valence-corrected chi connectivity index (χ1v) is 6.90. The predicted molar refractivity (Wildman–Crippen MR) is 80.2 cm³/mol. The molecule has 0 spiro atoms. The first kappa shape index (κ1) is 16.8. The van der Waals surface area contributed by atoms with Crippen molar-refractivity contribution in [1.82, 2.24) is 5.32 Å². The second-order valence-corrected chi connectivity index (χ2v) is 4.93. The fourth-order valence-corrected chi connectivity index (χ4v) is 1.61. The number of nitrogens with two attached hydrogens (primary N) is 1. The largest absolute Gasteiger partial charge is 0.493 e. The maximum atomic E-state index is 12.0. The Morgan fingerprint density at radius 1 is 1.33 bits per heavy atom. The van der Waals surface area contributed by atoms with Crippen LogP contribution in [0.2, 0.25) is 0 Å². The number of nitrogen functional groups attached to an aromatic ring is 1. The molecule has 0 fully saturated rings. The molecule has 6 heteroatoms. The summed E-state index contributed by atoms with van der Waals surface area (Å²) in [7, 11) is 0. The molecular formula is C15H22N2O4. The summed E-state index contributed by atoms with van der Waals surface area (Å²) in [4.78, 5) is 23.6. The van der Waals surface area contributed by atoms with Gasteiger partial charge in [0.2, 0.25) is 0 Å². The summed E-state index contributed by atoms with van der Waals surface area (Å²) in [5, 5.41) is 2.66. The smallest absolute Gasteiger partial charge is 0.344 e. The second kappa shape index (κ2) is 8.14. The van der Waals surface area contributed by atoms with Crippen molar-refractivity contribution in [2.24, 2.45) is 5.92 Å². The zero-order chi connectivity index (χ0) is 15.8. The van der Waals surface area contributed by atoms with Gasteiger partial charge in [0.05, 0.1) is 6.61 Å². The van der Waals surface area contributed by atoms with Crippen molar-refractivity contribution in [3.05, 3.63) is 23.8 Å². The van der Waals surface area contributed by atoms with Crippen LogP contribution in [-0.2, 0) is 9.53 Å². The zero-order valence-corrected chi connectivity index (χ0v) is 12.6. The minimum absolute atomic E-state index is 0.149. The zero-order valence-electron chi connectivity index (χ0n) is 12.6. The van der Waals surface area contributed by atoms with Gasteiger partial charge in [-0.3, -0.25) is 4.79 Å². The molecule has 0 aliphatic heterocycles. The normalized spacial score (nSPS) is 10.3. The van der Waals surface area contributed by atoms with Crippen molar-refractivity contribution < 1.29 is 19.1 Å². The van der Waals surface area contributed by atoms with E-state index in [2.05, 4.69) is 5.32 Å². The fourth-order valence-electron chi connectivity index (χ4n) is 1.61. The summed E-state index contributed by atoms with van der Waals surface area (Å²) in [5.41, 5.74) is 6.18. The number of rotatable bonds is 7. The quantitative estimate of drug-likeness (QED) is 0.589. The topological polar surface area (TPSA) is 90.7 Å². The van der Waals surface area contributed by atoms with E-state index in [-0.39, 0.29) is 23.8 Å². The molecule has 21 heavy (non-hydrogen) atoms. The van der Waals surface area contributed by atoms with E-state index in [0.717, 1.165) is 0 Å². The molecule has 0 radical (unpaired) electrons. The number of ether oxygens (including phenoxy) is 2. The van der Waals surface area contributed by atoms with Gasteiger partial charge in [-0.15, -0.1) is 0 Å². The Balaban J connectivity index is 2.65. The van der Waals surface area contributed by atoms with Gasteiger partial charge < -0.3 is 20.5 Å². The number of benzene rings is 1. The maximum Gasteiger partial charge on any atom is 0.344 e. The van der Waals surface area contributed by atoms with Crippen LogP contribution in [0.5, 0.6) is 5.75 Å². The highest BCUT2D eigenvalue weighted by molar-refractivity contribution is 5.99. The van der Waals surface area contributed by atoms with Crippen LogP contribution in [0.3, 0.4) is 0 Å². The second-order valence-electron chi connectivity index (χ2n) is 4.93.